The number of sulfone groups is 1. The number of hydrogen-bond acceptors (Lipinski definition) is 5. The lowest BCUT2D eigenvalue weighted by Gasteiger charge is -2.34. The molecule has 0 atom stereocenters. The van der Waals surface area contributed by atoms with E-state index in [-0.39, 0.29) is 5.03 Å². The Morgan fingerprint density at radius 3 is 2.45 bits per heavy atom. The molecule has 0 amide bonds. The zero-order valence-electron chi connectivity index (χ0n) is 19.2. The first-order valence-corrected chi connectivity index (χ1v) is 13.1. The minimum Gasteiger partial charge on any atom is -0.369 e. The Bertz CT molecular complexity index is 1400. The lowest BCUT2D eigenvalue weighted by Crippen LogP contribution is -2.44. The Labute approximate surface area is 195 Å². The number of likely N-dealkylation sites (N-methyl/N-ethyl adjacent to an activating group) is 1. The predicted octanol–water partition coefficient (Wildman–Crippen LogP) is 4.57. The first kappa shape index (κ1) is 21.9. The number of aryl methyl sites for hydroxylation is 1. The summed E-state index contributed by atoms with van der Waals surface area (Å²) < 4.78 is 29.8. The topological polar surface area (TPSA) is 58.4 Å². The molecule has 0 saturated carbocycles. The van der Waals surface area contributed by atoms with Gasteiger partial charge in [0, 0.05) is 49.2 Å². The van der Waals surface area contributed by atoms with Crippen molar-refractivity contribution in [2.24, 2.45) is 0 Å². The molecule has 0 aliphatic carbocycles. The van der Waals surface area contributed by atoms with Gasteiger partial charge in [0.15, 0.2) is 5.03 Å². The lowest BCUT2D eigenvalue weighted by atomic mass is 10.1. The number of fused-ring (bicyclic) bond motifs is 2. The molecule has 0 radical (unpaired) electrons. The molecular weight excluding hydrogens is 432 g/mol. The van der Waals surface area contributed by atoms with Crippen LogP contribution in [0.1, 0.15) is 19.8 Å². The summed E-state index contributed by atoms with van der Waals surface area (Å²) in [6.45, 7) is 6.68. The smallest absolute Gasteiger partial charge is 0.226 e. The Morgan fingerprint density at radius 2 is 1.67 bits per heavy atom. The molecule has 0 unspecified atom stereocenters. The van der Waals surface area contributed by atoms with Crippen LogP contribution in [0, 0.1) is 0 Å². The first-order valence-electron chi connectivity index (χ1n) is 11.7. The third-order valence-corrected chi connectivity index (χ3v) is 8.33. The average molecular weight is 463 g/mol. The molecular formula is C26H30N4O2S. The second-order valence-electron chi connectivity index (χ2n) is 8.85. The number of nitrogens with zero attached hydrogens (tertiary/aromatic N) is 4. The van der Waals surface area contributed by atoms with Crippen molar-refractivity contribution in [1.82, 2.24) is 14.7 Å². The third-order valence-electron chi connectivity index (χ3n) is 6.59. The van der Waals surface area contributed by atoms with Crippen LogP contribution in [0.4, 0.5) is 5.69 Å². The van der Waals surface area contributed by atoms with E-state index in [1.807, 2.05) is 47.1 Å². The van der Waals surface area contributed by atoms with Crippen LogP contribution in [0.2, 0.25) is 0 Å². The largest absolute Gasteiger partial charge is 0.369 e. The van der Waals surface area contributed by atoms with Gasteiger partial charge in [0.05, 0.1) is 10.4 Å². The van der Waals surface area contributed by atoms with Crippen LogP contribution < -0.4 is 4.90 Å². The molecule has 2 heterocycles. The Hall–Kier alpha value is -2.90. The molecule has 1 fully saturated rings. The van der Waals surface area contributed by atoms with Crippen molar-refractivity contribution in [3.05, 3.63) is 60.7 Å². The molecule has 1 aromatic heterocycles. The van der Waals surface area contributed by atoms with Gasteiger partial charge in [-0.05, 0) is 43.1 Å². The van der Waals surface area contributed by atoms with Crippen molar-refractivity contribution in [3.8, 4) is 0 Å². The van der Waals surface area contributed by atoms with Crippen molar-refractivity contribution >= 4 is 37.2 Å². The van der Waals surface area contributed by atoms with Gasteiger partial charge in [0.1, 0.15) is 0 Å². The van der Waals surface area contributed by atoms with Crippen molar-refractivity contribution in [1.29, 1.82) is 0 Å². The van der Waals surface area contributed by atoms with E-state index in [4.69, 9.17) is 0 Å². The van der Waals surface area contributed by atoms with E-state index in [1.165, 1.54) is 0 Å². The van der Waals surface area contributed by atoms with Crippen LogP contribution in [-0.2, 0) is 16.4 Å². The van der Waals surface area contributed by atoms with Crippen molar-refractivity contribution in [2.75, 3.05) is 38.1 Å². The molecule has 1 saturated heterocycles. The van der Waals surface area contributed by atoms with Crippen LogP contribution in [-0.4, -0.2) is 56.3 Å². The maximum Gasteiger partial charge on any atom is 0.226 e. The van der Waals surface area contributed by atoms with E-state index in [9.17, 15) is 8.42 Å². The van der Waals surface area contributed by atoms with E-state index in [0.717, 1.165) is 61.0 Å². The van der Waals surface area contributed by atoms with E-state index in [0.29, 0.717) is 16.8 Å². The Balaban J connectivity index is 1.67. The van der Waals surface area contributed by atoms with Gasteiger partial charge < -0.3 is 9.80 Å². The van der Waals surface area contributed by atoms with E-state index < -0.39 is 9.84 Å². The minimum atomic E-state index is -3.81. The summed E-state index contributed by atoms with van der Waals surface area (Å²) in [6.07, 6.45) is 1.97. The summed E-state index contributed by atoms with van der Waals surface area (Å²) in [7, 11) is -1.68. The standard InChI is InChI=1S/C26H30N4O2S/c1-3-4-14-30-24-13-12-21(29-17-15-28(2)16-18-29)19-23(24)26(27-30)33(31,32)25-11-7-9-20-8-5-6-10-22(20)25/h5-13,19H,3-4,14-18H2,1-2H3. The molecule has 3 aromatic carbocycles. The normalized spacial score (nSPS) is 15.5. The van der Waals surface area contributed by atoms with Crippen LogP contribution in [0.3, 0.4) is 0 Å². The molecule has 0 spiro atoms. The molecule has 0 bridgehead atoms. The number of unbranched alkanes of at least 4 members (excludes halogenated alkanes) is 1. The van der Waals surface area contributed by atoms with E-state index >= 15 is 0 Å². The van der Waals surface area contributed by atoms with Gasteiger partial charge in [0.25, 0.3) is 0 Å². The second-order valence-corrected chi connectivity index (χ2v) is 10.7. The van der Waals surface area contributed by atoms with Gasteiger partial charge in [-0.15, -0.1) is 0 Å². The summed E-state index contributed by atoms with van der Waals surface area (Å²) in [6, 6.07) is 19.2. The molecule has 33 heavy (non-hydrogen) atoms. The minimum absolute atomic E-state index is 0.154. The SMILES string of the molecule is CCCCn1nc(S(=O)(=O)c2cccc3ccccc23)c2cc(N3CCN(C)CC3)ccc21. The quantitative estimate of drug-likeness (QED) is 0.420. The number of hydrogen-bond donors (Lipinski definition) is 0. The second kappa shape index (κ2) is 8.80. The molecule has 0 N–H and O–H groups in total. The lowest BCUT2D eigenvalue weighted by molar-refractivity contribution is 0.313. The highest BCUT2D eigenvalue weighted by Gasteiger charge is 2.28. The molecule has 1 aliphatic rings. The number of piperazine rings is 1. The molecule has 172 valence electrons. The molecule has 1 aliphatic heterocycles. The first-order chi connectivity index (χ1) is 16.0. The van der Waals surface area contributed by atoms with Gasteiger partial charge in [-0.1, -0.05) is 49.7 Å². The number of anilines is 1. The summed E-state index contributed by atoms with van der Waals surface area (Å²) in [5.41, 5.74) is 1.93. The molecule has 4 aromatic rings. The van der Waals surface area contributed by atoms with Crippen LogP contribution in [0.15, 0.2) is 70.6 Å². The maximum absolute atomic E-state index is 14.0. The highest BCUT2D eigenvalue weighted by atomic mass is 32.2. The highest BCUT2D eigenvalue weighted by molar-refractivity contribution is 7.91. The van der Waals surface area contributed by atoms with Gasteiger partial charge in [-0.2, -0.15) is 5.10 Å². The third kappa shape index (κ3) is 4.00. The van der Waals surface area contributed by atoms with Gasteiger partial charge in [-0.25, -0.2) is 8.42 Å². The fourth-order valence-corrected chi connectivity index (χ4v) is 6.21. The summed E-state index contributed by atoms with van der Waals surface area (Å²) >= 11 is 0. The van der Waals surface area contributed by atoms with Gasteiger partial charge in [0.2, 0.25) is 9.84 Å². The summed E-state index contributed by atoms with van der Waals surface area (Å²) in [4.78, 5) is 4.96. The van der Waals surface area contributed by atoms with E-state index in [2.05, 4.69) is 34.9 Å². The Kier molecular flexibility index (Phi) is 5.85. The molecule has 5 rings (SSSR count). The summed E-state index contributed by atoms with van der Waals surface area (Å²) in [5, 5.41) is 7.18. The van der Waals surface area contributed by atoms with Crippen molar-refractivity contribution < 1.29 is 8.42 Å². The zero-order valence-corrected chi connectivity index (χ0v) is 20.1. The van der Waals surface area contributed by atoms with Crippen molar-refractivity contribution in [3.63, 3.8) is 0 Å². The molecule has 6 nitrogen and oxygen atoms in total. The summed E-state index contributed by atoms with van der Waals surface area (Å²) in [5.74, 6) is 0. The van der Waals surface area contributed by atoms with Crippen molar-refractivity contribution in [2.45, 2.75) is 36.2 Å². The van der Waals surface area contributed by atoms with Gasteiger partial charge >= 0.3 is 0 Å². The monoisotopic (exact) mass is 462 g/mol. The number of rotatable bonds is 6. The number of benzene rings is 3. The van der Waals surface area contributed by atoms with Gasteiger partial charge in [-0.3, -0.25) is 4.68 Å². The Morgan fingerprint density at radius 1 is 0.909 bits per heavy atom. The van der Waals surface area contributed by atoms with Crippen LogP contribution in [0.25, 0.3) is 21.7 Å². The fraction of sp³-hybridized carbons (Fsp3) is 0.346. The average Bonchev–Trinajstić information content (AvgIpc) is 3.21. The predicted molar refractivity (Wildman–Crippen MR) is 134 cm³/mol. The van der Waals surface area contributed by atoms with Crippen LogP contribution in [0.5, 0.6) is 0 Å². The zero-order chi connectivity index (χ0) is 23.0. The highest BCUT2D eigenvalue weighted by Crippen LogP contribution is 2.34. The fourth-order valence-electron chi connectivity index (χ4n) is 4.61. The molecule has 7 heteroatoms. The van der Waals surface area contributed by atoms with Crippen LogP contribution >= 0.6 is 0 Å². The maximum atomic E-state index is 14.0. The number of aromatic nitrogens is 2. The van der Waals surface area contributed by atoms with E-state index in [1.54, 1.807) is 12.1 Å².